The lowest BCUT2D eigenvalue weighted by atomic mass is 10.2. The van der Waals surface area contributed by atoms with Crippen LogP contribution in [0.3, 0.4) is 0 Å². The monoisotopic (exact) mass is 364 g/mol. The lowest BCUT2D eigenvalue weighted by Crippen LogP contribution is -2.38. The fourth-order valence-corrected chi connectivity index (χ4v) is 3.54. The summed E-state index contributed by atoms with van der Waals surface area (Å²) in [4.78, 5) is 3.42. The van der Waals surface area contributed by atoms with Crippen molar-refractivity contribution in [2.75, 3.05) is 32.2 Å². The van der Waals surface area contributed by atoms with E-state index in [1.165, 1.54) is 4.88 Å². The minimum atomic E-state index is 0.180. The number of benzene rings is 1. The maximum absolute atomic E-state index is 5.67. The molecule has 0 spiro atoms. The molecule has 0 amide bonds. The molecular weight excluding hydrogens is 340 g/mol. The van der Waals surface area contributed by atoms with Crippen LogP contribution in [0.25, 0.3) is 0 Å². The molecule has 1 N–H and O–H groups in total. The minimum Gasteiger partial charge on any atom is -0.492 e. The lowest BCUT2D eigenvalue weighted by Gasteiger charge is -2.31. The molecule has 2 rings (SSSR count). The Morgan fingerprint density at radius 3 is 2.75 bits per heavy atom. The van der Waals surface area contributed by atoms with Crippen molar-refractivity contribution in [2.45, 2.75) is 19.9 Å². The van der Waals surface area contributed by atoms with Crippen LogP contribution < -0.4 is 10.1 Å². The van der Waals surface area contributed by atoms with Crippen molar-refractivity contribution < 1.29 is 9.47 Å². The van der Waals surface area contributed by atoms with Gasteiger partial charge in [0.25, 0.3) is 0 Å². The van der Waals surface area contributed by atoms with Crippen LogP contribution in [0.2, 0.25) is 0 Å². The molecule has 1 atom stereocenters. The van der Waals surface area contributed by atoms with Gasteiger partial charge in [0.05, 0.1) is 24.9 Å². The Labute approximate surface area is 153 Å². The molecule has 24 heavy (non-hydrogen) atoms. The van der Waals surface area contributed by atoms with E-state index in [-0.39, 0.29) is 6.04 Å². The van der Waals surface area contributed by atoms with Gasteiger partial charge in [0.2, 0.25) is 0 Å². The standard InChI is InChI=1S/C18H24N2O2S2/c1-4-22-16-9-6-5-8-15(16)19-18(23)20(11-12-21-3)14(2)17-10-7-13-24-17/h5-10,13-14H,4,11-12H2,1-3H3,(H,19,23)/t14-/m0/s1. The first-order chi connectivity index (χ1) is 11.7. The number of ether oxygens (including phenoxy) is 2. The minimum absolute atomic E-state index is 0.180. The number of para-hydroxylation sites is 2. The van der Waals surface area contributed by atoms with Crippen molar-refractivity contribution in [1.82, 2.24) is 4.90 Å². The van der Waals surface area contributed by atoms with E-state index in [4.69, 9.17) is 21.7 Å². The smallest absolute Gasteiger partial charge is 0.174 e. The molecule has 0 saturated carbocycles. The van der Waals surface area contributed by atoms with E-state index in [1.807, 2.05) is 31.2 Å². The predicted octanol–water partition coefficient (Wildman–Crippen LogP) is 4.55. The van der Waals surface area contributed by atoms with Gasteiger partial charge < -0.3 is 19.7 Å². The summed E-state index contributed by atoms with van der Waals surface area (Å²) >= 11 is 7.41. The average molecular weight is 365 g/mol. The normalized spacial score (nSPS) is 11.8. The maximum atomic E-state index is 5.67. The highest BCUT2D eigenvalue weighted by Gasteiger charge is 2.20. The number of methoxy groups -OCH3 is 1. The first-order valence-corrected chi connectivity index (χ1v) is 9.28. The van der Waals surface area contributed by atoms with Crippen molar-refractivity contribution in [3.05, 3.63) is 46.7 Å². The Balaban J connectivity index is 2.15. The third kappa shape index (κ3) is 4.93. The number of thiophene rings is 1. The predicted molar refractivity (Wildman–Crippen MR) is 105 cm³/mol. The number of nitrogens with zero attached hydrogens (tertiary/aromatic N) is 1. The van der Waals surface area contributed by atoms with Crippen LogP contribution in [0.5, 0.6) is 5.75 Å². The lowest BCUT2D eigenvalue weighted by molar-refractivity contribution is 0.166. The van der Waals surface area contributed by atoms with Crippen molar-refractivity contribution in [1.29, 1.82) is 0 Å². The van der Waals surface area contributed by atoms with Crippen LogP contribution in [-0.4, -0.2) is 36.9 Å². The number of nitrogens with one attached hydrogen (secondary N) is 1. The van der Waals surface area contributed by atoms with E-state index in [2.05, 4.69) is 34.7 Å². The first-order valence-electron chi connectivity index (χ1n) is 7.99. The summed E-state index contributed by atoms with van der Waals surface area (Å²) in [6, 6.07) is 12.2. The Hall–Kier alpha value is -1.63. The summed E-state index contributed by atoms with van der Waals surface area (Å²) in [5.41, 5.74) is 0.880. The van der Waals surface area contributed by atoms with Gasteiger partial charge in [-0.05, 0) is 49.6 Å². The summed E-state index contributed by atoms with van der Waals surface area (Å²) in [7, 11) is 1.70. The van der Waals surface area contributed by atoms with Gasteiger partial charge in [-0.3, -0.25) is 0 Å². The van der Waals surface area contributed by atoms with Crippen molar-refractivity contribution in [3.8, 4) is 5.75 Å². The molecule has 0 bridgehead atoms. The molecule has 1 aromatic heterocycles. The van der Waals surface area contributed by atoms with Gasteiger partial charge in [0.15, 0.2) is 5.11 Å². The molecule has 0 aliphatic heterocycles. The van der Waals surface area contributed by atoms with Crippen molar-refractivity contribution in [2.24, 2.45) is 0 Å². The summed E-state index contributed by atoms with van der Waals surface area (Å²) in [6.45, 7) is 6.08. The molecule has 6 heteroatoms. The van der Waals surface area contributed by atoms with Gasteiger partial charge in [0, 0.05) is 18.5 Å². The Bertz CT molecular complexity index is 632. The largest absolute Gasteiger partial charge is 0.492 e. The van der Waals surface area contributed by atoms with Crippen molar-refractivity contribution in [3.63, 3.8) is 0 Å². The molecule has 0 radical (unpaired) electrons. The molecule has 2 aromatic rings. The third-order valence-electron chi connectivity index (χ3n) is 3.65. The molecule has 1 aromatic carbocycles. The average Bonchev–Trinajstić information content (AvgIpc) is 3.11. The summed E-state index contributed by atoms with van der Waals surface area (Å²) < 4.78 is 10.9. The van der Waals surface area contributed by atoms with E-state index in [1.54, 1.807) is 18.4 Å². The van der Waals surface area contributed by atoms with Crippen LogP contribution in [0, 0.1) is 0 Å². The highest BCUT2D eigenvalue weighted by atomic mass is 32.1. The van der Waals surface area contributed by atoms with E-state index in [0.29, 0.717) is 18.3 Å². The Kier molecular flexibility index (Phi) is 7.49. The first kappa shape index (κ1) is 18.7. The van der Waals surface area contributed by atoms with E-state index < -0.39 is 0 Å². The van der Waals surface area contributed by atoms with E-state index in [0.717, 1.165) is 18.0 Å². The molecule has 1 heterocycles. The highest BCUT2D eigenvalue weighted by Crippen LogP contribution is 2.28. The van der Waals surface area contributed by atoms with Crippen LogP contribution in [0.15, 0.2) is 41.8 Å². The van der Waals surface area contributed by atoms with Crippen LogP contribution >= 0.6 is 23.6 Å². The summed E-state index contributed by atoms with van der Waals surface area (Å²) in [5, 5.41) is 6.08. The fourth-order valence-electron chi connectivity index (χ4n) is 2.38. The zero-order valence-corrected chi connectivity index (χ0v) is 16.0. The van der Waals surface area contributed by atoms with Gasteiger partial charge in [0.1, 0.15) is 5.75 Å². The molecule has 130 valence electrons. The summed E-state index contributed by atoms with van der Waals surface area (Å²) in [5.74, 6) is 0.804. The van der Waals surface area contributed by atoms with E-state index in [9.17, 15) is 0 Å². The molecule has 0 unspecified atom stereocenters. The van der Waals surface area contributed by atoms with Crippen LogP contribution in [0.4, 0.5) is 5.69 Å². The Morgan fingerprint density at radius 2 is 2.08 bits per heavy atom. The second-order valence-electron chi connectivity index (χ2n) is 5.24. The van der Waals surface area contributed by atoms with Gasteiger partial charge in [-0.25, -0.2) is 0 Å². The highest BCUT2D eigenvalue weighted by molar-refractivity contribution is 7.80. The number of hydrogen-bond donors (Lipinski definition) is 1. The maximum Gasteiger partial charge on any atom is 0.174 e. The number of hydrogen-bond acceptors (Lipinski definition) is 4. The number of thiocarbonyl (C=S) groups is 1. The number of anilines is 1. The molecule has 0 aliphatic carbocycles. The molecular formula is C18H24N2O2S2. The topological polar surface area (TPSA) is 33.7 Å². The molecule has 0 fully saturated rings. The molecule has 4 nitrogen and oxygen atoms in total. The number of rotatable bonds is 8. The van der Waals surface area contributed by atoms with Crippen LogP contribution in [-0.2, 0) is 4.74 Å². The van der Waals surface area contributed by atoms with Gasteiger partial charge >= 0.3 is 0 Å². The second kappa shape index (κ2) is 9.61. The fraction of sp³-hybridized carbons (Fsp3) is 0.389. The SMILES string of the molecule is CCOc1ccccc1NC(=S)N(CCOC)[C@@H](C)c1cccs1. The van der Waals surface area contributed by atoms with Crippen LogP contribution in [0.1, 0.15) is 24.8 Å². The second-order valence-corrected chi connectivity index (χ2v) is 6.60. The van der Waals surface area contributed by atoms with Gasteiger partial charge in [-0.1, -0.05) is 18.2 Å². The third-order valence-corrected chi connectivity index (χ3v) is 5.03. The Morgan fingerprint density at radius 1 is 1.29 bits per heavy atom. The quantitative estimate of drug-likeness (QED) is 0.695. The zero-order chi connectivity index (χ0) is 17.4. The van der Waals surface area contributed by atoms with Crippen molar-refractivity contribution >= 4 is 34.4 Å². The van der Waals surface area contributed by atoms with Gasteiger partial charge in [-0.15, -0.1) is 11.3 Å². The van der Waals surface area contributed by atoms with E-state index >= 15 is 0 Å². The van der Waals surface area contributed by atoms with Gasteiger partial charge in [-0.2, -0.15) is 0 Å². The summed E-state index contributed by atoms with van der Waals surface area (Å²) in [6.07, 6.45) is 0. The molecule has 0 aliphatic rings. The zero-order valence-electron chi connectivity index (χ0n) is 14.3. The molecule has 0 saturated heterocycles.